The van der Waals surface area contributed by atoms with E-state index in [9.17, 15) is 0 Å². The van der Waals surface area contributed by atoms with Crippen LogP contribution in [0.3, 0.4) is 0 Å². The quantitative estimate of drug-likeness (QED) is 0.642. The summed E-state index contributed by atoms with van der Waals surface area (Å²) in [6.45, 7) is 10.4. The summed E-state index contributed by atoms with van der Waals surface area (Å²) in [6, 6.07) is 0. The van der Waals surface area contributed by atoms with Crippen molar-refractivity contribution in [3.05, 3.63) is 23.8 Å². The summed E-state index contributed by atoms with van der Waals surface area (Å²) >= 11 is 0. The lowest BCUT2D eigenvalue weighted by Crippen LogP contribution is -1.93. The molecule has 1 nitrogen and oxygen atoms in total. The number of rotatable bonds is 2. The normalized spacial score (nSPS) is 30.5. The summed E-state index contributed by atoms with van der Waals surface area (Å²) in [7, 11) is 0. The van der Waals surface area contributed by atoms with E-state index in [2.05, 4.69) is 26.5 Å². The van der Waals surface area contributed by atoms with E-state index < -0.39 is 0 Å². The zero-order valence-corrected chi connectivity index (χ0v) is 7.52. The summed E-state index contributed by atoms with van der Waals surface area (Å²) in [5.41, 5.74) is 2.63. The van der Waals surface area contributed by atoms with Gasteiger partial charge in [-0.05, 0) is 12.3 Å². The first-order valence-corrected chi connectivity index (χ1v) is 3.98. The number of allylic oxidation sites excluding steroid dienone is 2. The third-order valence-corrected chi connectivity index (χ3v) is 2.49. The lowest BCUT2D eigenvalue weighted by Gasteiger charge is -1.94. The van der Waals surface area contributed by atoms with Gasteiger partial charge in [0.2, 0.25) is 0 Å². The molecule has 1 N–H and O–H groups in total. The van der Waals surface area contributed by atoms with E-state index in [1.807, 2.05) is 6.92 Å². The van der Waals surface area contributed by atoms with Crippen molar-refractivity contribution in [1.82, 2.24) is 0 Å². The fraction of sp³-hybridized carbons (Fsp3) is 0.600. The van der Waals surface area contributed by atoms with Crippen molar-refractivity contribution in [1.29, 1.82) is 0 Å². The molecule has 1 atom stereocenters. The molecule has 1 unspecified atom stereocenters. The Morgan fingerprint density at radius 3 is 2.55 bits per heavy atom. The van der Waals surface area contributed by atoms with E-state index in [4.69, 9.17) is 5.11 Å². The molecule has 0 aromatic carbocycles. The van der Waals surface area contributed by atoms with Gasteiger partial charge in [0, 0.05) is 5.92 Å². The molecule has 11 heavy (non-hydrogen) atoms. The highest BCUT2D eigenvalue weighted by Gasteiger charge is 2.51. The Kier molecular flexibility index (Phi) is 1.93. The maximum absolute atomic E-state index is 8.95. The van der Waals surface area contributed by atoms with Gasteiger partial charge in [0.15, 0.2) is 0 Å². The predicted molar refractivity (Wildman–Crippen MR) is 47.3 cm³/mol. The second-order valence-electron chi connectivity index (χ2n) is 3.90. The second kappa shape index (κ2) is 2.49. The van der Waals surface area contributed by atoms with Crippen LogP contribution >= 0.6 is 0 Å². The van der Waals surface area contributed by atoms with Crippen LogP contribution in [0.5, 0.6) is 0 Å². The highest BCUT2D eigenvalue weighted by Crippen LogP contribution is 2.57. The van der Waals surface area contributed by atoms with Gasteiger partial charge in [0.05, 0.1) is 6.61 Å². The highest BCUT2D eigenvalue weighted by molar-refractivity contribution is 5.40. The molecule has 0 bridgehead atoms. The molecule has 1 rings (SSSR count). The monoisotopic (exact) mass is 152 g/mol. The van der Waals surface area contributed by atoms with Crippen molar-refractivity contribution in [2.45, 2.75) is 20.8 Å². The van der Waals surface area contributed by atoms with Crippen LogP contribution in [-0.2, 0) is 0 Å². The molecule has 0 aromatic heterocycles. The molecule has 1 saturated carbocycles. The molecule has 1 aliphatic rings. The molecule has 0 heterocycles. The van der Waals surface area contributed by atoms with Gasteiger partial charge in [-0.25, -0.2) is 0 Å². The van der Waals surface area contributed by atoms with E-state index in [1.54, 1.807) is 0 Å². The fourth-order valence-electron chi connectivity index (χ4n) is 1.55. The van der Waals surface area contributed by atoms with Crippen molar-refractivity contribution in [3.8, 4) is 0 Å². The van der Waals surface area contributed by atoms with Crippen molar-refractivity contribution in [3.63, 3.8) is 0 Å². The molecule has 0 amide bonds. The summed E-state index contributed by atoms with van der Waals surface area (Å²) < 4.78 is 0. The Bertz CT molecular complexity index is 211. The summed E-state index contributed by atoms with van der Waals surface area (Å²) in [6.07, 6.45) is 2.08. The Morgan fingerprint density at radius 2 is 2.27 bits per heavy atom. The van der Waals surface area contributed by atoms with Gasteiger partial charge >= 0.3 is 0 Å². The van der Waals surface area contributed by atoms with Crippen molar-refractivity contribution < 1.29 is 5.11 Å². The third kappa shape index (κ3) is 1.38. The zero-order valence-electron chi connectivity index (χ0n) is 7.52. The number of hydrogen-bond acceptors (Lipinski definition) is 1. The Balaban J connectivity index is 2.73. The first kappa shape index (κ1) is 8.54. The van der Waals surface area contributed by atoms with Crippen LogP contribution in [0.2, 0.25) is 0 Å². The molecule has 62 valence electrons. The van der Waals surface area contributed by atoms with Crippen molar-refractivity contribution in [2.24, 2.45) is 11.3 Å². The average Bonchev–Trinajstić information content (AvgIpc) is 2.33. The SMILES string of the molecule is C=C(C)C=C1C(CO)C1(C)C. The number of aliphatic hydroxyl groups excluding tert-OH is 1. The van der Waals surface area contributed by atoms with Gasteiger partial charge in [-0.15, -0.1) is 0 Å². The predicted octanol–water partition coefficient (Wildman–Crippen LogP) is 2.14. The van der Waals surface area contributed by atoms with Gasteiger partial charge in [0.25, 0.3) is 0 Å². The van der Waals surface area contributed by atoms with E-state index in [1.165, 1.54) is 5.57 Å². The smallest absolute Gasteiger partial charge is 0.0505 e. The lowest BCUT2D eigenvalue weighted by molar-refractivity contribution is 0.259. The maximum Gasteiger partial charge on any atom is 0.0505 e. The minimum absolute atomic E-state index is 0.216. The molecule has 0 aliphatic heterocycles. The third-order valence-electron chi connectivity index (χ3n) is 2.49. The van der Waals surface area contributed by atoms with Crippen LogP contribution in [0, 0.1) is 11.3 Å². The maximum atomic E-state index is 8.95. The van der Waals surface area contributed by atoms with E-state index in [0.717, 1.165) is 5.57 Å². The molecule has 1 fully saturated rings. The Hall–Kier alpha value is -0.560. The van der Waals surface area contributed by atoms with Crippen LogP contribution in [0.1, 0.15) is 20.8 Å². The molecule has 0 aromatic rings. The van der Waals surface area contributed by atoms with E-state index in [0.29, 0.717) is 5.92 Å². The van der Waals surface area contributed by atoms with Gasteiger partial charge in [-0.2, -0.15) is 0 Å². The Morgan fingerprint density at radius 1 is 1.73 bits per heavy atom. The molecular weight excluding hydrogens is 136 g/mol. The van der Waals surface area contributed by atoms with Crippen molar-refractivity contribution >= 4 is 0 Å². The first-order valence-electron chi connectivity index (χ1n) is 3.98. The zero-order chi connectivity index (χ0) is 8.65. The largest absolute Gasteiger partial charge is 0.396 e. The molecular formula is C10H16O. The number of hydrogen-bond donors (Lipinski definition) is 1. The van der Waals surface area contributed by atoms with Gasteiger partial charge < -0.3 is 5.11 Å². The van der Waals surface area contributed by atoms with Gasteiger partial charge in [-0.1, -0.05) is 37.6 Å². The van der Waals surface area contributed by atoms with Crippen LogP contribution < -0.4 is 0 Å². The summed E-state index contributed by atoms with van der Waals surface area (Å²) in [4.78, 5) is 0. The fourth-order valence-corrected chi connectivity index (χ4v) is 1.55. The lowest BCUT2D eigenvalue weighted by atomic mass is 10.1. The molecule has 0 spiro atoms. The molecule has 1 aliphatic carbocycles. The summed E-state index contributed by atoms with van der Waals surface area (Å²) in [5, 5.41) is 8.95. The van der Waals surface area contributed by atoms with Crippen LogP contribution in [-0.4, -0.2) is 11.7 Å². The second-order valence-corrected chi connectivity index (χ2v) is 3.90. The minimum Gasteiger partial charge on any atom is -0.396 e. The van der Waals surface area contributed by atoms with Crippen LogP contribution in [0.15, 0.2) is 23.8 Å². The highest BCUT2D eigenvalue weighted by atomic mass is 16.3. The van der Waals surface area contributed by atoms with Crippen molar-refractivity contribution in [2.75, 3.05) is 6.61 Å². The Labute approximate surface area is 68.4 Å². The minimum atomic E-state index is 0.216. The summed E-state index contributed by atoms with van der Waals surface area (Å²) in [5.74, 6) is 0.374. The topological polar surface area (TPSA) is 20.2 Å². The van der Waals surface area contributed by atoms with Crippen LogP contribution in [0.4, 0.5) is 0 Å². The first-order chi connectivity index (χ1) is 5.00. The van der Waals surface area contributed by atoms with E-state index >= 15 is 0 Å². The molecule has 0 radical (unpaired) electrons. The van der Waals surface area contributed by atoms with Crippen LogP contribution in [0.25, 0.3) is 0 Å². The molecule has 1 heteroatoms. The standard InChI is InChI=1S/C10H16O/c1-7(2)5-8-9(6-11)10(8,3)4/h5,9,11H,1,6H2,2-4H3. The van der Waals surface area contributed by atoms with Gasteiger partial charge in [0.1, 0.15) is 0 Å². The van der Waals surface area contributed by atoms with E-state index in [-0.39, 0.29) is 12.0 Å². The molecule has 0 saturated heterocycles. The van der Waals surface area contributed by atoms with Gasteiger partial charge in [-0.3, -0.25) is 0 Å². The average molecular weight is 152 g/mol. The number of aliphatic hydroxyl groups is 1.